The zero-order chi connectivity index (χ0) is 16.3. The molecule has 0 saturated heterocycles. The molecule has 0 aliphatic carbocycles. The number of hydrogen-bond donors (Lipinski definition) is 3. The van der Waals surface area contributed by atoms with Gasteiger partial charge in [0.15, 0.2) is 5.96 Å². The van der Waals surface area contributed by atoms with Crippen molar-refractivity contribution in [1.82, 2.24) is 16.0 Å². The van der Waals surface area contributed by atoms with Crippen LogP contribution >= 0.6 is 24.0 Å². The third kappa shape index (κ3) is 10.2. The van der Waals surface area contributed by atoms with Crippen LogP contribution in [0.5, 0.6) is 0 Å². The molecular formula is C16H35IN4O. The van der Waals surface area contributed by atoms with E-state index >= 15 is 0 Å². The van der Waals surface area contributed by atoms with Crippen LogP contribution in [0.2, 0.25) is 0 Å². The van der Waals surface area contributed by atoms with Crippen LogP contribution in [0.3, 0.4) is 0 Å². The third-order valence-electron chi connectivity index (χ3n) is 3.44. The second kappa shape index (κ2) is 13.0. The molecule has 1 atom stereocenters. The molecule has 0 aliphatic heterocycles. The van der Waals surface area contributed by atoms with Crippen molar-refractivity contribution in [3.05, 3.63) is 0 Å². The fourth-order valence-electron chi connectivity index (χ4n) is 2.01. The van der Waals surface area contributed by atoms with E-state index in [1.807, 2.05) is 20.8 Å². The van der Waals surface area contributed by atoms with Gasteiger partial charge in [0, 0.05) is 19.6 Å². The average Bonchev–Trinajstić information content (AvgIpc) is 2.44. The Labute approximate surface area is 153 Å². The number of halogens is 1. The van der Waals surface area contributed by atoms with E-state index in [0.717, 1.165) is 18.9 Å². The summed E-state index contributed by atoms with van der Waals surface area (Å²) in [5.74, 6) is 0.802. The molecule has 0 saturated carbocycles. The van der Waals surface area contributed by atoms with Crippen LogP contribution < -0.4 is 16.0 Å². The predicted molar refractivity (Wildman–Crippen MR) is 106 cm³/mol. The highest BCUT2D eigenvalue weighted by Gasteiger charge is 2.26. The monoisotopic (exact) mass is 426 g/mol. The van der Waals surface area contributed by atoms with E-state index in [-0.39, 0.29) is 29.9 Å². The average molecular weight is 426 g/mol. The van der Waals surface area contributed by atoms with Crippen LogP contribution in [0.1, 0.15) is 60.3 Å². The van der Waals surface area contributed by atoms with E-state index < -0.39 is 5.41 Å². The second-order valence-corrected chi connectivity index (χ2v) is 6.20. The van der Waals surface area contributed by atoms with Gasteiger partial charge >= 0.3 is 0 Å². The van der Waals surface area contributed by atoms with Gasteiger partial charge in [0.25, 0.3) is 0 Å². The first-order valence-corrected chi connectivity index (χ1v) is 8.14. The largest absolute Gasteiger partial charge is 0.359 e. The lowest BCUT2D eigenvalue weighted by Gasteiger charge is -2.22. The molecule has 0 aliphatic rings. The lowest BCUT2D eigenvalue weighted by molar-refractivity contribution is -0.128. The van der Waals surface area contributed by atoms with Gasteiger partial charge in [-0.15, -0.1) is 24.0 Å². The van der Waals surface area contributed by atoms with Crippen molar-refractivity contribution in [3.8, 4) is 0 Å². The summed E-state index contributed by atoms with van der Waals surface area (Å²) in [5.41, 5.74) is -0.497. The first-order valence-electron chi connectivity index (χ1n) is 8.14. The Hall–Kier alpha value is -0.530. The smallest absolute Gasteiger partial charge is 0.227 e. The molecule has 22 heavy (non-hydrogen) atoms. The van der Waals surface area contributed by atoms with E-state index in [9.17, 15) is 4.79 Å². The molecule has 132 valence electrons. The first-order chi connectivity index (χ1) is 9.87. The zero-order valence-electron chi connectivity index (χ0n) is 15.1. The molecular weight excluding hydrogens is 391 g/mol. The molecule has 1 unspecified atom stereocenters. The first kappa shape index (κ1) is 23.7. The highest BCUT2D eigenvalue weighted by atomic mass is 127. The Bertz CT molecular complexity index is 332. The van der Waals surface area contributed by atoms with Crippen molar-refractivity contribution in [2.45, 2.75) is 66.3 Å². The molecule has 0 aromatic heterocycles. The maximum atomic E-state index is 11.8. The van der Waals surface area contributed by atoms with Crippen molar-refractivity contribution in [3.63, 3.8) is 0 Å². The molecule has 0 heterocycles. The Morgan fingerprint density at radius 1 is 1.23 bits per heavy atom. The van der Waals surface area contributed by atoms with Crippen molar-refractivity contribution in [1.29, 1.82) is 0 Å². The van der Waals surface area contributed by atoms with Gasteiger partial charge in [0.1, 0.15) is 0 Å². The van der Waals surface area contributed by atoms with Crippen LogP contribution in [-0.4, -0.2) is 38.0 Å². The van der Waals surface area contributed by atoms with E-state index in [2.05, 4.69) is 34.8 Å². The van der Waals surface area contributed by atoms with Crippen LogP contribution in [0.4, 0.5) is 0 Å². The minimum atomic E-state index is -0.497. The number of hydrogen-bond acceptors (Lipinski definition) is 2. The zero-order valence-corrected chi connectivity index (χ0v) is 17.4. The summed E-state index contributed by atoms with van der Waals surface area (Å²) in [5, 5.41) is 9.34. The molecule has 6 heteroatoms. The van der Waals surface area contributed by atoms with Gasteiger partial charge in [0.2, 0.25) is 5.91 Å². The standard InChI is InChI=1S/C16H34N4O.HI/c1-7-9-10-11-13(3)20-15(18-8-2)19-12-16(4,5)14(21)17-6;/h13H,7-12H2,1-6H3,(H,17,21)(H2,18,19,20);1H. The highest BCUT2D eigenvalue weighted by molar-refractivity contribution is 14.0. The van der Waals surface area contributed by atoms with E-state index in [1.165, 1.54) is 19.3 Å². The van der Waals surface area contributed by atoms with Gasteiger partial charge in [-0.1, -0.05) is 26.2 Å². The van der Waals surface area contributed by atoms with E-state index in [4.69, 9.17) is 0 Å². The van der Waals surface area contributed by atoms with Crippen LogP contribution in [0, 0.1) is 5.41 Å². The van der Waals surface area contributed by atoms with Gasteiger partial charge < -0.3 is 16.0 Å². The SMILES string of the molecule is CCCCCC(C)NC(=NCC(C)(C)C(=O)NC)NCC.I. The topological polar surface area (TPSA) is 65.5 Å². The number of guanidine groups is 1. The van der Waals surface area contributed by atoms with Crippen LogP contribution in [-0.2, 0) is 4.79 Å². The number of aliphatic imine (C=N–C) groups is 1. The maximum Gasteiger partial charge on any atom is 0.227 e. The number of nitrogens with zero attached hydrogens (tertiary/aromatic N) is 1. The van der Waals surface area contributed by atoms with Crippen molar-refractivity contribution < 1.29 is 4.79 Å². The lowest BCUT2D eigenvalue weighted by Crippen LogP contribution is -2.44. The summed E-state index contributed by atoms with van der Waals surface area (Å²) in [4.78, 5) is 16.3. The van der Waals surface area contributed by atoms with E-state index in [1.54, 1.807) is 7.05 Å². The van der Waals surface area contributed by atoms with Gasteiger partial charge in [-0.05, 0) is 34.1 Å². The molecule has 0 aromatic rings. The molecule has 5 nitrogen and oxygen atoms in total. The summed E-state index contributed by atoms with van der Waals surface area (Å²) < 4.78 is 0. The molecule has 1 amide bonds. The Kier molecular flexibility index (Phi) is 14.0. The van der Waals surface area contributed by atoms with Gasteiger partial charge in [-0.25, -0.2) is 0 Å². The van der Waals surface area contributed by atoms with Gasteiger partial charge in [-0.3, -0.25) is 9.79 Å². The minimum absolute atomic E-state index is 0. The Morgan fingerprint density at radius 3 is 2.36 bits per heavy atom. The second-order valence-electron chi connectivity index (χ2n) is 6.20. The Morgan fingerprint density at radius 2 is 1.86 bits per heavy atom. The molecule has 0 bridgehead atoms. The van der Waals surface area contributed by atoms with Crippen molar-refractivity contribution >= 4 is 35.8 Å². The predicted octanol–water partition coefficient (Wildman–Crippen LogP) is 2.90. The van der Waals surface area contributed by atoms with Gasteiger partial charge in [0.05, 0.1) is 12.0 Å². The number of rotatable bonds is 9. The fourth-order valence-corrected chi connectivity index (χ4v) is 2.01. The summed E-state index contributed by atoms with van der Waals surface area (Å²) in [7, 11) is 1.66. The minimum Gasteiger partial charge on any atom is -0.359 e. The van der Waals surface area contributed by atoms with Crippen molar-refractivity contribution in [2.24, 2.45) is 10.4 Å². The molecule has 0 spiro atoms. The quantitative estimate of drug-likeness (QED) is 0.230. The van der Waals surface area contributed by atoms with Gasteiger partial charge in [-0.2, -0.15) is 0 Å². The molecule has 0 aromatic carbocycles. The van der Waals surface area contributed by atoms with Crippen LogP contribution in [0.25, 0.3) is 0 Å². The number of carbonyl (C=O) groups excluding carboxylic acids is 1. The number of carbonyl (C=O) groups is 1. The molecule has 0 fully saturated rings. The number of unbranched alkanes of at least 4 members (excludes halogenated alkanes) is 2. The molecule has 0 radical (unpaired) electrons. The fraction of sp³-hybridized carbons (Fsp3) is 0.875. The lowest BCUT2D eigenvalue weighted by atomic mass is 9.93. The van der Waals surface area contributed by atoms with Crippen LogP contribution in [0.15, 0.2) is 4.99 Å². The third-order valence-corrected chi connectivity index (χ3v) is 3.44. The molecule has 0 rings (SSSR count). The summed E-state index contributed by atoms with van der Waals surface area (Å²) in [6.07, 6.45) is 4.87. The van der Waals surface area contributed by atoms with Crippen molar-refractivity contribution in [2.75, 3.05) is 20.1 Å². The van der Waals surface area contributed by atoms with E-state index in [0.29, 0.717) is 12.6 Å². The maximum absolute atomic E-state index is 11.8. The Balaban J connectivity index is 0. The summed E-state index contributed by atoms with van der Waals surface area (Å²) >= 11 is 0. The normalized spacial score (nSPS) is 13.1. The molecule has 3 N–H and O–H groups in total. The number of amides is 1. The highest BCUT2D eigenvalue weighted by Crippen LogP contribution is 2.15. The summed E-state index contributed by atoms with van der Waals surface area (Å²) in [6, 6.07) is 0.387. The summed E-state index contributed by atoms with van der Waals surface area (Å²) in [6.45, 7) is 11.5. The number of nitrogens with one attached hydrogen (secondary N) is 3.